The molecular formula is C13H12Cl2FN3. The molecule has 0 saturated carbocycles. The van der Waals surface area contributed by atoms with Crippen LogP contribution in [0, 0.1) is 12.7 Å². The van der Waals surface area contributed by atoms with Gasteiger partial charge in [0.1, 0.15) is 5.82 Å². The zero-order chi connectivity index (χ0) is 14.0. The third-order valence-electron chi connectivity index (χ3n) is 2.66. The highest BCUT2D eigenvalue weighted by atomic mass is 35.5. The highest BCUT2D eigenvalue weighted by Crippen LogP contribution is 2.23. The second-order valence-corrected chi connectivity index (χ2v) is 4.89. The number of hydrogen-bond donors (Lipinski definition) is 1. The molecule has 0 aliphatic carbocycles. The molecule has 0 aliphatic heterocycles. The molecule has 0 bridgehead atoms. The van der Waals surface area contributed by atoms with Crippen molar-refractivity contribution in [3.8, 4) is 0 Å². The van der Waals surface area contributed by atoms with Crippen LogP contribution in [0.4, 0.5) is 10.2 Å². The van der Waals surface area contributed by atoms with Crippen molar-refractivity contribution in [1.82, 2.24) is 9.97 Å². The van der Waals surface area contributed by atoms with Crippen LogP contribution in [0.25, 0.3) is 0 Å². The van der Waals surface area contributed by atoms with Gasteiger partial charge >= 0.3 is 0 Å². The monoisotopic (exact) mass is 299 g/mol. The van der Waals surface area contributed by atoms with Gasteiger partial charge in [0.05, 0.1) is 5.69 Å². The van der Waals surface area contributed by atoms with E-state index in [0.29, 0.717) is 28.0 Å². The molecule has 19 heavy (non-hydrogen) atoms. The van der Waals surface area contributed by atoms with Gasteiger partial charge in [-0.15, -0.1) is 0 Å². The second-order valence-electron chi connectivity index (χ2n) is 4.05. The number of rotatable bonds is 3. The predicted molar refractivity (Wildman–Crippen MR) is 75.5 cm³/mol. The van der Waals surface area contributed by atoms with Gasteiger partial charge in [-0.3, -0.25) is 0 Å². The van der Waals surface area contributed by atoms with Crippen LogP contribution in [-0.2, 0) is 6.42 Å². The Morgan fingerprint density at radius 1 is 1.26 bits per heavy atom. The quantitative estimate of drug-likeness (QED) is 0.935. The summed E-state index contributed by atoms with van der Waals surface area (Å²) in [6, 6.07) is 5.22. The van der Waals surface area contributed by atoms with Crippen molar-refractivity contribution < 1.29 is 4.39 Å². The van der Waals surface area contributed by atoms with Crippen LogP contribution in [0.15, 0.2) is 18.2 Å². The summed E-state index contributed by atoms with van der Waals surface area (Å²) in [5.74, 6) is 0.258. The highest BCUT2D eigenvalue weighted by molar-refractivity contribution is 6.35. The molecule has 1 heterocycles. The molecule has 2 aromatic rings. The molecule has 0 amide bonds. The number of halogens is 3. The molecule has 0 spiro atoms. The first-order chi connectivity index (χ1) is 9.01. The smallest absolute Gasteiger partial charge is 0.186 e. The summed E-state index contributed by atoms with van der Waals surface area (Å²) in [6.07, 6.45) is 0.422. The zero-order valence-corrected chi connectivity index (χ0v) is 12.0. The van der Waals surface area contributed by atoms with E-state index in [-0.39, 0.29) is 5.82 Å². The predicted octanol–water partition coefficient (Wildman–Crippen LogP) is 3.86. The van der Waals surface area contributed by atoms with Gasteiger partial charge in [0, 0.05) is 23.5 Å². The maximum Gasteiger partial charge on any atom is 0.186 e. The van der Waals surface area contributed by atoms with Gasteiger partial charge in [-0.2, -0.15) is 0 Å². The summed E-state index contributed by atoms with van der Waals surface area (Å²) in [5.41, 5.74) is 1.15. The number of benzene rings is 1. The zero-order valence-electron chi connectivity index (χ0n) is 10.5. The molecule has 0 unspecified atom stereocenters. The number of anilines is 1. The average Bonchev–Trinajstić information content (AvgIpc) is 2.37. The van der Waals surface area contributed by atoms with Crippen LogP contribution >= 0.6 is 23.2 Å². The molecule has 0 fully saturated rings. The van der Waals surface area contributed by atoms with Crippen LogP contribution in [-0.4, -0.2) is 17.0 Å². The first kappa shape index (κ1) is 14.0. The van der Waals surface area contributed by atoms with Gasteiger partial charge in [-0.05, 0) is 24.6 Å². The maximum absolute atomic E-state index is 13.6. The van der Waals surface area contributed by atoms with Crippen LogP contribution in [0.1, 0.15) is 17.1 Å². The van der Waals surface area contributed by atoms with E-state index in [4.69, 9.17) is 23.2 Å². The van der Waals surface area contributed by atoms with E-state index < -0.39 is 5.82 Å². The van der Waals surface area contributed by atoms with Gasteiger partial charge in [0.15, 0.2) is 11.6 Å². The van der Waals surface area contributed by atoms with Crippen molar-refractivity contribution in [3.05, 3.63) is 51.1 Å². The number of nitrogens with zero attached hydrogens (tertiary/aromatic N) is 2. The van der Waals surface area contributed by atoms with Crippen molar-refractivity contribution in [2.24, 2.45) is 0 Å². The maximum atomic E-state index is 13.6. The summed E-state index contributed by atoms with van der Waals surface area (Å²) in [4.78, 5) is 8.24. The van der Waals surface area contributed by atoms with Gasteiger partial charge in [0.2, 0.25) is 0 Å². The lowest BCUT2D eigenvalue weighted by molar-refractivity contribution is 0.602. The van der Waals surface area contributed by atoms with Gasteiger partial charge in [0.25, 0.3) is 0 Å². The third-order valence-corrected chi connectivity index (χ3v) is 3.25. The molecule has 0 radical (unpaired) electrons. The normalized spacial score (nSPS) is 10.6. The Morgan fingerprint density at radius 2 is 2.00 bits per heavy atom. The molecule has 0 saturated heterocycles. The van der Waals surface area contributed by atoms with E-state index in [9.17, 15) is 4.39 Å². The largest absolute Gasteiger partial charge is 0.371 e. The minimum atomic E-state index is -0.437. The van der Waals surface area contributed by atoms with E-state index in [1.54, 1.807) is 26.1 Å². The van der Waals surface area contributed by atoms with Gasteiger partial charge in [-0.1, -0.05) is 29.3 Å². The first-order valence-corrected chi connectivity index (χ1v) is 6.41. The van der Waals surface area contributed by atoms with Crippen LogP contribution in [0.2, 0.25) is 10.0 Å². The van der Waals surface area contributed by atoms with E-state index in [1.165, 1.54) is 0 Å². The van der Waals surface area contributed by atoms with E-state index >= 15 is 0 Å². The van der Waals surface area contributed by atoms with Gasteiger partial charge < -0.3 is 5.32 Å². The Bertz CT molecular complexity index is 617. The summed E-state index contributed by atoms with van der Waals surface area (Å²) in [6.45, 7) is 1.60. The van der Waals surface area contributed by atoms with Crippen LogP contribution in [0.3, 0.4) is 0 Å². The highest BCUT2D eigenvalue weighted by Gasteiger charge is 2.11. The van der Waals surface area contributed by atoms with E-state index in [0.717, 1.165) is 5.56 Å². The fourth-order valence-electron chi connectivity index (χ4n) is 1.70. The lowest BCUT2D eigenvalue weighted by Gasteiger charge is -2.08. The molecule has 3 nitrogen and oxygen atoms in total. The fraction of sp³-hybridized carbons (Fsp3) is 0.231. The minimum absolute atomic E-state index is 0.188. The Balaban J connectivity index is 2.35. The number of hydrogen-bond acceptors (Lipinski definition) is 3. The summed E-state index contributed by atoms with van der Waals surface area (Å²) in [5, 5.41) is 3.82. The molecule has 1 aromatic heterocycles. The van der Waals surface area contributed by atoms with Crippen molar-refractivity contribution in [2.75, 3.05) is 12.4 Å². The van der Waals surface area contributed by atoms with Crippen LogP contribution in [0.5, 0.6) is 0 Å². The van der Waals surface area contributed by atoms with Crippen LogP contribution < -0.4 is 5.32 Å². The minimum Gasteiger partial charge on any atom is -0.371 e. The fourth-order valence-corrected chi connectivity index (χ4v) is 2.17. The first-order valence-electron chi connectivity index (χ1n) is 5.66. The number of aryl methyl sites for hydroxylation is 1. The Kier molecular flexibility index (Phi) is 4.22. The topological polar surface area (TPSA) is 37.8 Å². The SMILES string of the molecule is CNc1nc(Cc2ccc(Cl)cc2Cl)nc(C)c1F. The van der Waals surface area contributed by atoms with Crippen molar-refractivity contribution >= 4 is 29.0 Å². The number of aromatic nitrogens is 2. The standard InChI is InChI=1S/C13H12Cl2FN3/c1-7-12(16)13(17-2)19-11(18-7)5-8-3-4-9(14)6-10(8)15/h3-4,6H,5H2,1-2H3,(H,17,18,19). The Hall–Kier alpha value is -1.39. The lowest BCUT2D eigenvalue weighted by Crippen LogP contribution is -2.06. The molecule has 100 valence electrons. The second kappa shape index (κ2) is 5.72. The summed E-state index contributed by atoms with van der Waals surface area (Å²) in [7, 11) is 1.61. The van der Waals surface area contributed by atoms with Gasteiger partial charge in [-0.25, -0.2) is 14.4 Å². The number of nitrogens with one attached hydrogen (secondary N) is 1. The molecule has 1 aromatic carbocycles. The molecule has 1 N–H and O–H groups in total. The van der Waals surface area contributed by atoms with Crippen molar-refractivity contribution in [1.29, 1.82) is 0 Å². The Morgan fingerprint density at radius 3 is 2.63 bits per heavy atom. The average molecular weight is 300 g/mol. The molecule has 0 aliphatic rings. The van der Waals surface area contributed by atoms with Crippen molar-refractivity contribution in [3.63, 3.8) is 0 Å². The van der Waals surface area contributed by atoms with Crippen molar-refractivity contribution in [2.45, 2.75) is 13.3 Å². The Labute approximate surface area is 120 Å². The van der Waals surface area contributed by atoms with E-state index in [2.05, 4.69) is 15.3 Å². The molecular weight excluding hydrogens is 288 g/mol. The molecule has 6 heteroatoms. The molecule has 2 rings (SSSR count). The lowest BCUT2D eigenvalue weighted by atomic mass is 10.1. The summed E-state index contributed by atoms with van der Waals surface area (Å²) < 4.78 is 13.6. The molecule has 0 atom stereocenters. The third kappa shape index (κ3) is 3.14. The van der Waals surface area contributed by atoms with E-state index in [1.807, 2.05) is 6.07 Å². The summed E-state index contributed by atoms with van der Waals surface area (Å²) >= 11 is 11.9.